The van der Waals surface area contributed by atoms with E-state index in [1.807, 2.05) is 13.8 Å². The van der Waals surface area contributed by atoms with Gasteiger partial charge in [0, 0.05) is 66.9 Å². The molecule has 1 unspecified atom stereocenters. The van der Waals surface area contributed by atoms with Gasteiger partial charge in [-0.1, -0.05) is 41.5 Å². The maximum atomic E-state index is 12.8. The fourth-order valence-corrected chi connectivity index (χ4v) is 4.58. The first-order chi connectivity index (χ1) is 17.5. The highest BCUT2D eigenvalue weighted by atomic mass is 32.2. The summed E-state index contributed by atoms with van der Waals surface area (Å²) in [6, 6.07) is 4.54. The monoisotopic (exact) mass is 560 g/mol. The third-order valence-corrected chi connectivity index (χ3v) is 7.68. The molecule has 1 atom stereocenters. The molecule has 0 aliphatic rings. The van der Waals surface area contributed by atoms with Crippen LogP contribution in [-0.2, 0) is 11.3 Å². The van der Waals surface area contributed by atoms with E-state index in [1.165, 1.54) is 0 Å². The van der Waals surface area contributed by atoms with Gasteiger partial charge < -0.3 is 21.3 Å². The van der Waals surface area contributed by atoms with Gasteiger partial charge in [0.05, 0.1) is 0 Å². The number of rotatable bonds is 17. The summed E-state index contributed by atoms with van der Waals surface area (Å²) < 4.78 is 0. The Morgan fingerprint density at radius 2 is 1.27 bits per heavy atom. The Balaban J connectivity index is -0.00000171. The third kappa shape index (κ3) is 14.4. The number of thioether (sulfide) groups is 2. The van der Waals surface area contributed by atoms with Crippen molar-refractivity contribution in [2.24, 2.45) is 5.92 Å². The maximum absolute atomic E-state index is 12.8. The summed E-state index contributed by atoms with van der Waals surface area (Å²) in [6.07, 6.45) is 1.06. The van der Waals surface area contributed by atoms with Crippen LogP contribution in [0.4, 0.5) is 4.79 Å². The molecule has 0 radical (unpaired) electrons. The number of hydrogen-bond acceptors (Lipinski definition) is 6. The first-order valence-corrected chi connectivity index (χ1v) is 15.1. The van der Waals surface area contributed by atoms with Gasteiger partial charge >= 0.3 is 6.03 Å². The van der Waals surface area contributed by atoms with Crippen molar-refractivity contribution in [1.82, 2.24) is 21.3 Å². The largest absolute Gasteiger partial charge is 0.351 e. The molecule has 4 N–H and O–H groups in total. The molecule has 0 aromatic heterocycles. The predicted molar refractivity (Wildman–Crippen MR) is 164 cm³/mol. The molecule has 37 heavy (non-hydrogen) atoms. The topological polar surface area (TPSA) is 116 Å². The molecular weight excluding hydrogens is 508 g/mol. The molecule has 1 aromatic carbocycles. The minimum Gasteiger partial charge on any atom is -0.351 e. The average Bonchev–Trinajstić information content (AvgIpc) is 2.86. The van der Waals surface area contributed by atoms with Gasteiger partial charge in [0.25, 0.3) is 11.8 Å². The molecule has 0 heterocycles. The van der Waals surface area contributed by atoms with E-state index >= 15 is 0 Å². The van der Waals surface area contributed by atoms with Crippen molar-refractivity contribution in [3.05, 3.63) is 34.9 Å². The molecule has 0 aliphatic heterocycles. The molecule has 1 rings (SSSR count). The lowest BCUT2D eigenvalue weighted by Gasteiger charge is -2.13. The zero-order valence-corrected chi connectivity index (χ0v) is 24.7. The number of benzene rings is 1. The number of carbonyl (C=O) groups is 4. The second-order valence-corrected chi connectivity index (χ2v) is 12.8. The van der Waals surface area contributed by atoms with E-state index < -0.39 is 6.03 Å². The first-order valence-electron chi connectivity index (χ1n) is 13.0. The van der Waals surface area contributed by atoms with Crippen LogP contribution < -0.4 is 21.3 Å². The molecule has 216 valence electrons. The van der Waals surface area contributed by atoms with E-state index in [-0.39, 0.29) is 48.7 Å². The van der Waals surface area contributed by atoms with Crippen molar-refractivity contribution in [3.8, 4) is 0 Å². The quantitative estimate of drug-likeness (QED) is 0.194. The highest BCUT2D eigenvalue weighted by Crippen LogP contribution is 2.13. The average molecular weight is 561 g/mol. The van der Waals surface area contributed by atoms with Gasteiger partial charge in [-0.05, 0) is 40.7 Å². The lowest BCUT2D eigenvalue weighted by atomic mass is 10.0. The number of ketones is 1. The molecule has 4 amide bonds. The minimum atomic E-state index is -0.408. The van der Waals surface area contributed by atoms with Crippen LogP contribution in [-0.4, -0.2) is 65.3 Å². The van der Waals surface area contributed by atoms with Crippen molar-refractivity contribution < 1.29 is 24.9 Å². The summed E-state index contributed by atoms with van der Waals surface area (Å²) in [6.45, 7) is 13.7. The Morgan fingerprint density at radius 3 is 1.73 bits per heavy atom. The van der Waals surface area contributed by atoms with Gasteiger partial charge in [-0.25, -0.2) is 4.79 Å². The van der Waals surface area contributed by atoms with Crippen LogP contribution in [0.3, 0.4) is 0 Å². The van der Waals surface area contributed by atoms with Crippen molar-refractivity contribution in [3.63, 3.8) is 0 Å². The predicted octanol–water partition coefficient (Wildman–Crippen LogP) is 5.22. The van der Waals surface area contributed by atoms with Gasteiger partial charge in [-0.2, -0.15) is 23.5 Å². The molecule has 8 nitrogen and oxygen atoms in total. The number of nitrogens with one attached hydrogen (secondary N) is 4. The van der Waals surface area contributed by atoms with Crippen LogP contribution >= 0.6 is 23.5 Å². The van der Waals surface area contributed by atoms with Crippen molar-refractivity contribution >= 4 is 47.2 Å². The standard InChI is InChI=1S/C27H44N4O4S2.4H2/c1-7-20(6)24(32)8-9-30-27(35)31-17-21-14-22(25(33)28-10-12-36-18(2)3)16-23(15-21)26(34)29-11-13-37-19(4)5;;;;/h14-16,18-20H,7-13,17H2,1-6H3,(H,28,33)(H,29,34)(H2,30,31,35);4*1H. The summed E-state index contributed by atoms with van der Waals surface area (Å²) >= 11 is 3.52. The maximum Gasteiger partial charge on any atom is 0.315 e. The first kappa shape index (κ1) is 32.8. The molecule has 0 aliphatic carbocycles. The summed E-state index contributed by atoms with van der Waals surface area (Å²) in [5.41, 5.74) is 1.38. The Bertz CT molecular complexity index is 866. The molecule has 0 spiro atoms. The number of hydrogen-bond donors (Lipinski definition) is 4. The van der Waals surface area contributed by atoms with Gasteiger partial charge in [-0.3, -0.25) is 14.4 Å². The molecule has 0 fully saturated rings. The minimum absolute atomic E-state index is 0. The number of carbonyl (C=O) groups excluding carboxylic acids is 4. The zero-order valence-electron chi connectivity index (χ0n) is 23.1. The normalized spacial score (nSPS) is 11.8. The van der Waals surface area contributed by atoms with Gasteiger partial charge in [0.1, 0.15) is 5.78 Å². The van der Waals surface area contributed by atoms with E-state index in [0.717, 1.165) is 17.9 Å². The zero-order chi connectivity index (χ0) is 27.8. The van der Waals surface area contributed by atoms with Gasteiger partial charge in [0.2, 0.25) is 0 Å². The van der Waals surface area contributed by atoms with E-state index in [0.29, 0.717) is 40.3 Å². The Kier molecular flexibility index (Phi) is 16.1. The van der Waals surface area contributed by atoms with E-state index in [2.05, 4.69) is 49.0 Å². The molecule has 0 bridgehead atoms. The van der Waals surface area contributed by atoms with Crippen molar-refractivity contribution in [2.45, 2.75) is 71.4 Å². The van der Waals surface area contributed by atoms with Crippen LogP contribution in [0, 0.1) is 5.92 Å². The smallest absolute Gasteiger partial charge is 0.315 e. The summed E-state index contributed by atoms with van der Waals surface area (Å²) in [5, 5.41) is 12.2. The van der Waals surface area contributed by atoms with Crippen LogP contribution in [0.1, 0.15) is 86.4 Å². The van der Waals surface area contributed by atoms with E-state index in [9.17, 15) is 19.2 Å². The Hall–Kier alpha value is -2.20. The van der Waals surface area contributed by atoms with Gasteiger partial charge in [0.15, 0.2) is 0 Å². The van der Waals surface area contributed by atoms with Crippen molar-refractivity contribution in [1.29, 1.82) is 0 Å². The second kappa shape index (κ2) is 18.1. The van der Waals surface area contributed by atoms with Crippen LogP contribution in [0.25, 0.3) is 0 Å². The lowest BCUT2D eigenvalue weighted by molar-refractivity contribution is -0.122. The second-order valence-electron chi connectivity index (χ2n) is 9.40. The number of amides is 4. The summed E-state index contributed by atoms with van der Waals surface area (Å²) in [5.74, 6) is 1.18. The fourth-order valence-electron chi connectivity index (χ4n) is 3.20. The van der Waals surface area contributed by atoms with Gasteiger partial charge in [-0.15, -0.1) is 0 Å². The Labute approximate surface area is 236 Å². The molecule has 0 saturated heterocycles. The lowest BCUT2D eigenvalue weighted by Crippen LogP contribution is -2.36. The van der Waals surface area contributed by atoms with Crippen LogP contribution in [0.2, 0.25) is 0 Å². The third-order valence-electron chi connectivity index (χ3n) is 5.47. The molecule has 0 saturated carbocycles. The molecule has 10 heteroatoms. The van der Waals surface area contributed by atoms with E-state index in [1.54, 1.807) is 41.7 Å². The van der Waals surface area contributed by atoms with Crippen LogP contribution in [0.5, 0.6) is 0 Å². The van der Waals surface area contributed by atoms with Crippen molar-refractivity contribution in [2.75, 3.05) is 31.1 Å². The summed E-state index contributed by atoms with van der Waals surface area (Å²) in [4.78, 5) is 49.8. The number of urea groups is 1. The summed E-state index contributed by atoms with van der Waals surface area (Å²) in [7, 11) is 0. The highest BCUT2D eigenvalue weighted by molar-refractivity contribution is 8.00. The van der Waals surface area contributed by atoms with Crippen LogP contribution in [0.15, 0.2) is 18.2 Å². The Morgan fingerprint density at radius 1 is 0.757 bits per heavy atom. The molecular formula is C27H52N4O4S2. The fraction of sp³-hybridized carbons (Fsp3) is 0.630. The SMILES string of the molecule is CCC(C)C(=O)CCNC(=O)NCc1cc(C(=O)NCCSC(C)C)cc(C(=O)NCCSC(C)C)c1.[HH].[HH].[HH].[HH]. The molecule has 1 aromatic rings. The number of Topliss-reactive ketones (excluding diaryl/α,β-unsaturated/α-hetero) is 1. The highest BCUT2D eigenvalue weighted by Gasteiger charge is 2.15. The van der Waals surface area contributed by atoms with E-state index in [4.69, 9.17) is 0 Å².